The topological polar surface area (TPSA) is 67.9 Å². The van der Waals surface area contributed by atoms with Crippen LogP contribution < -0.4 is 10.1 Å². The third-order valence-electron chi connectivity index (χ3n) is 4.69. The van der Waals surface area contributed by atoms with Crippen LogP contribution in [0.15, 0.2) is 29.2 Å². The molecule has 134 valence electrons. The van der Waals surface area contributed by atoms with Crippen molar-refractivity contribution in [2.45, 2.75) is 43.2 Å². The van der Waals surface area contributed by atoms with E-state index < -0.39 is 10.0 Å². The summed E-state index contributed by atoms with van der Waals surface area (Å²) in [5, 5.41) is 3.34. The third kappa shape index (κ3) is 3.74. The van der Waals surface area contributed by atoms with Gasteiger partial charge in [0.1, 0.15) is 12.4 Å². The predicted octanol–water partition coefficient (Wildman–Crippen LogP) is 1.62. The van der Waals surface area contributed by atoms with Gasteiger partial charge in [0.25, 0.3) is 0 Å². The van der Waals surface area contributed by atoms with E-state index in [-0.39, 0.29) is 12.1 Å². The lowest BCUT2D eigenvalue weighted by Crippen LogP contribution is -2.42. The van der Waals surface area contributed by atoms with Gasteiger partial charge in [0.05, 0.1) is 11.5 Å². The minimum Gasteiger partial charge on any atom is -0.491 e. The summed E-state index contributed by atoms with van der Waals surface area (Å²) in [5.41, 5.74) is 0. The number of hydrogen-bond donors (Lipinski definition) is 1. The standard InChI is InChI=1S/C17H26N2O4S/c1-2-22-11-12-23-16-5-7-17(8-6-16)24(20,21)19-14-3-4-15(19)13-18-10-9-14/h5-8,14-15,18H,2-4,9-13H2,1H3. The Hall–Kier alpha value is -1.15. The lowest BCUT2D eigenvalue weighted by atomic mass is 10.1. The van der Waals surface area contributed by atoms with Gasteiger partial charge in [-0.3, -0.25) is 0 Å². The van der Waals surface area contributed by atoms with Gasteiger partial charge in [-0.05, 0) is 57.0 Å². The van der Waals surface area contributed by atoms with Crippen molar-refractivity contribution < 1.29 is 17.9 Å². The smallest absolute Gasteiger partial charge is 0.243 e. The molecule has 2 saturated heterocycles. The molecule has 2 heterocycles. The highest BCUT2D eigenvalue weighted by Crippen LogP contribution is 2.34. The first-order valence-corrected chi connectivity index (χ1v) is 10.1. The van der Waals surface area contributed by atoms with Gasteiger partial charge in [0, 0.05) is 25.2 Å². The van der Waals surface area contributed by atoms with Gasteiger partial charge in [0.2, 0.25) is 10.0 Å². The lowest BCUT2D eigenvalue weighted by molar-refractivity contribution is 0.110. The second-order valence-corrected chi connectivity index (χ2v) is 8.07. The molecule has 2 aliphatic rings. The largest absolute Gasteiger partial charge is 0.491 e. The Morgan fingerprint density at radius 1 is 1.12 bits per heavy atom. The normalized spacial score (nSPS) is 24.7. The first-order valence-electron chi connectivity index (χ1n) is 8.68. The van der Waals surface area contributed by atoms with Gasteiger partial charge in [0.15, 0.2) is 0 Å². The molecule has 0 radical (unpaired) electrons. The molecule has 7 heteroatoms. The first-order chi connectivity index (χ1) is 11.6. The Kier molecular flexibility index (Phi) is 5.76. The van der Waals surface area contributed by atoms with Gasteiger partial charge in [-0.2, -0.15) is 4.31 Å². The highest BCUT2D eigenvalue weighted by molar-refractivity contribution is 7.89. The second kappa shape index (κ2) is 7.82. The van der Waals surface area contributed by atoms with E-state index in [1.807, 2.05) is 6.92 Å². The van der Waals surface area contributed by atoms with E-state index in [0.29, 0.717) is 30.5 Å². The van der Waals surface area contributed by atoms with Crippen LogP contribution in [-0.2, 0) is 14.8 Å². The summed E-state index contributed by atoms with van der Waals surface area (Å²) in [7, 11) is -3.45. The molecule has 2 atom stereocenters. The van der Waals surface area contributed by atoms with Gasteiger partial charge < -0.3 is 14.8 Å². The monoisotopic (exact) mass is 354 g/mol. The Labute approximate surface area is 144 Å². The van der Waals surface area contributed by atoms with Crippen molar-refractivity contribution in [3.05, 3.63) is 24.3 Å². The van der Waals surface area contributed by atoms with Gasteiger partial charge in [-0.1, -0.05) is 0 Å². The number of hydrogen-bond acceptors (Lipinski definition) is 5. The number of rotatable bonds is 7. The van der Waals surface area contributed by atoms with Crippen molar-refractivity contribution >= 4 is 10.0 Å². The molecule has 1 N–H and O–H groups in total. The fraction of sp³-hybridized carbons (Fsp3) is 0.647. The fourth-order valence-corrected chi connectivity index (χ4v) is 5.42. The summed E-state index contributed by atoms with van der Waals surface area (Å²) < 4.78 is 38.6. The average molecular weight is 354 g/mol. The molecule has 0 aliphatic carbocycles. The Morgan fingerprint density at radius 2 is 1.88 bits per heavy atom. The summed E-state index contributed by atoms with van der Waals surface area (Å²) in [6, 6.07) is 6.92. The SMILES string of the molecule is CCOCCOc1ccc(S(=O)(=O)N2C3CCNCC2CC3)cc1. The summed E-state index contributed by atoms with van der Waals surface area (Å²) in [6.07, 6.45) is 2.79. The lowest BCUT2D eigenvalue weighted by Gasteiger charge is -2.26. The number of nitrogens with zero attached hydrogens (tertiary/aromatic N) is 1. The molecule has 0 aromatic heterocycles. The maximum atomic E-state index is 13.0. The van der Waals surface area contributed by atoms with E-state index in [1.54, 1.807) is 28.6 Å². The molecular formula is C17H26N2O4S. The highest BCUT2D eigenvalue weighted by atomic mass is 32.2. The average Bonchev–Trinajstić information content (AvgIpc) is 2.86. The van der Waals surface area contributed by atoms with E-state index in [2.05, 4.69) is 5.32 Å². The molecule has 2 unspecified atom stereocenters. The molecule has 1 aromatic carbocycles. The summed E-state index contributed by atoms with van der Waals surface area (Å²) in [5.74, 6) is 0.661. The van der Waals surface area contributed by atoms with Gasteiger partial charge in [-0.25, -0.2) is 8.42 Å². The number of fused-ring (bicyclic) bond motifs is 2. The molecule has 2 aliphatic heterocycles. The van der Waals surface area contributed by atoms with E-state index in [1.165, 1.54) is 0 Å². The molecule has 0 amide bonds. The van der Waals surface area contributed by atoms with Crippen molar-refractivity contribution in [3.8, 4) is 5.75 Å². The molecule has 3 rings (SSSR count). The Balaban J connectivity index is 1.70. The van der Waals surface area contributed by atoms with Crippen molar-refractivity contribution in [1.29, 1.82) is 0 Å². The molecule has 1 aromatic rings. The number of nitrogens with one attached hydrogen (secondary N) is 1. The van der Waals surface area contributed by atoms with E-state index in [9.17, 15) is 8.42 Å². The zero-order valence-corrected chi connectivity index (χ0v) is 14.9. The summed E-state index contributed by atoms with van der Waals surface area (Å²) >= 11 is 0. The zero-order valence-electron chi connectivity index (χ0n) is 14.1. The van der Waals surface area contributed by atoms with Crippen LogP contribution in [0.5, 0.6) is 5.75 Å². The van der Waals surface area contributed by atoms with Crippen molar-refractivity contribution in [2.75, 3.05) is 32.9 Å². The highest BCUT2D eigenvalue weighted by Gasteiger charge is 2.42. The van der Waals surface area contributed by atoms with E-state index >= 15 is 0 Å². The number of sulfonamides is 1. The molecule has 0 spiro atoms. The van der Waals surface area contributed by atoms with Crippen LogP contribution in [0.3, 0.4) is 0 Å². The van der Waals surface area contributed by atoms with Crippen molar-refractivity contribution in [1.82, 2.24) is 9.62 Å². The summed E-state index contributed by atoms with van der Waals surface area (Å²) in [6.45, 7) is 5.22. The van der Waals surface area contributed by atoms with Crippen molar-refractivity contribution in [2.24, 2.45) is 0 Å². The minimum absolute atomic E-state index is 0.0737. The van der Waals surface area contributed by atoms with Gasteiger partial charge >= 0.3 is 0 Å². The Morgan fingerprint density at radius 3 is 2.62 bits per heavy atom. The minimum atomic E-state index is -3.45. The molecule has 6 nitrogen and oxygen atoms in total. The van der Waals surface area contributed by atoms with Crippen LogP contribution in [-0.4, -0.2) is 57.7 Å². The van der Waals surface area contributed by atoms with Crippen LogP contribution in [0.2, 0.25) is 0 Å². The number of benzene rings is 1. The zero-order chi connectivity index (χ0) is 17.0. The van der Waals surface area contributed by atoms with Crippen LogP contribution in [0.1, 0.15) is 26.2 Å². The van der Waals surface area contributed by atoms with Crippen molar-refractivity contribution in [3.63, 3.8) is 0 Å². The second-order valence-electron chi connectivity index (χ2n) is 6.23. The molecular weight excluding hydrogens is 328 g/mol. The first kappa shape index (κ1) is 17.7. The van der Waals surface area contributed by atoms with E-state index in [4.69, 9.17) is 9.47 Å². The molecule has 0 saturated carbocycles. The molecule has 24 heavy (non-hydrogen) atoms. The Bertz CT molecular complexity index is 618. The predicted molar refractivity (Wildman–Crippen MR) is 91.8 cm³/mol. The third-order valence-corrected chi connectivity index (χ3v) is 6.71. The van der Waals surface area contributed by atoms with E-state index in [0.717, 1.165) is 32.4 Å². The summed E-state index contributed by atoms with van der Waals surface area (Å²) in [4.78, 5) is 0.346. The quantitative estimate of drug-likeness (QED) is 0.754. The fourth-order valence-electron chi connectivity index (χ4n) is 3.52. The van der Waals surface area contributed by atoms with Crippen LogP contribution >= 0.6 is 0 Å². The maximum absolute atomic E-state index is 13.0. The maximum Gasteiger partial charge on any atom is 0.243 e. The molecule has 2 bridgehead atoms. The van der Waals surface area contributed by atoms with Crippen LogP contribution in [0, 0.1) is 0 Å². The number of ether oxygens (including phenoxy) is 2. The van der Waals surface area contributed by atoms with Crippen LogP contribution in [0.25, 0.3) is 0 Å². The molecule has 2 fully saturated rings. The van der Waals surface area contributed by atoms with Crippen LogP contribution in [0.4, 0.5) is 0 Å². The van der Waals surface area contributed by atoms with Gasteiger partial charge in [-0.15, -0.1) is 0 Å².